The first-order valence-electron chi connectivity index (χ1n) is 3.55. The molecule has 16 heavy (non-hydrogen) atoms. The molecule has 0 saturated carbocycles. The van der Waals surface area contributed by atoms with E-state index in [1.165, 1.54) is 0 Å². The molecule has 0 spiro atoms. The first kappa shape index (κ1) is 18.2. The van der Waals surface area contributed by atoms with Crippen molar-refractivity contribution in [2.75, 3.05) is 18.8 Å². The van der Waals surface area contributed by atoms with E-state index < -0.39 is 34.0 Å². The highest BCUT2D eigenvalue weighted by atomic mass is 35.6. The van der Waals surface area contributed by atoms with Gasteiger partial charge in [0.15, 0.2) is 0 Å². The molecular weight excluding hydrogens is 387 g/mol. The largest absolute Gasteiger partial charge is 0.345 e. The van der Waals surface area contributed by atoms with Gasteiger partial charge in [-0.15, -0.1) is 11.6 Å². The van der Waals surface area contributed by atoms with E-state index in [-0.39, 0.29) is 0 Å². The van der Waals surface area contributed by atoms with Crippen molar-refractivity contribution < 1.29 is 13.6 Å². The highest BCUT2D eigenvalue weighted by Crippen LogP contribution is 2.52. The molecular formula is C5H6Cl7O3P. The van der Waals surface area contributed by atoms with Gasteiger partial charge in [0.1, 0.15) is 18.8 Å². The van der Waals surface area contributed by atoms with E-state index in [0.717, 1.165) is 0 Å². The van der Waals surface area contributed by atoms with Crippen molar-refractivity contribution in [2.24, 2.45) is 0 Å². The molecule has 0 heterocycles. The Kier molecular flexibility index (Phi) is 8.06. The summed E-state index contributed by atoms with van der Waals surface area (Å²) in [5, 5.41) is 0. The summed E-state index contributed by atoms with van der Waals surface area (Å²) < 4.78 is 17.8. The van der Waals surface area contributed by atoms with Crippen molar-refractivity contribution in [1.29, 1.82) is 0 Å². The molecule has 0 aromatic carbocycles. The Hall–Kier alpha value is 2.18. The minimum atomic E-state index is -3.63. The third-order valence-electron chi connectivity index (χ3n) is 0.996. The van der Waals surface area contributed by atoms with Crippen LogP contribution in [0, 0.1) is 0 Å². The maximum atomic E-state index is 11.7. The van der Waals surface area contributed by atoms with E-state index in [1.807, 2.05) is 0 Å². The molecule has 0 amide bonds. The summed E-state index contributed by atoms with van der Waals surface area (Å²) in [6.07, 6.45) is 0. The molecule has 11 heteroatoms. The fraction of sp³-hybridized carbons (Fsp3) is 1.00. The minimum absolute atomic E-state index is 0.450. The van der Waals surface area contributed by atoms with Crippen LogP contribution < -0.4 is 0 Å². The molecule has 0 saturated heterocycles. The second kappa shape index (κ2) is 7.09. The average molecular weight is 393 g/mol. The third-order valence-corrected chi connectivity index (χ3v) is 3.87. The fourth-order valence-electron chi connectivity index (χ4n) is 0.449. The van der Waals surface area contributed by atoms with Crippen LogP contribution in [0.1, 0.15) is 0 Å². The van der Waals surface area contributed by atoms with Crippen molar-refractivity contribution in [3.63, 3.8) is 0 Å². The standard InChI is InChI=1S/C5H6Cl7O3P/c6-3-16(13,14-1-4(7,8)9)15-2-5(10,11)12/h1-3H2. The summed E-state index contributed by atoms with van der Waals surface area (Å²) in [6.45, 7) is -0.914. The van der Waals surface area contributed by atoms with Gasteiger partial charge >= 0.3 is 7.60 Å². The molecule has 0 bridgehead atoms. The molecule has 0 aliphatic carbocycles. The van der Waals surface area contributed by atoms with Crippen LogP contribution in [-0.2, 0) is 13.6 Å². The Balaban J connectivity index is 4.28. The first-order valence-corrected chi connectivity index (χ1v) is 8.08. The normalized spacial score (nSPS) is 14.2. The Morgan fingerprint density at radius 3 is 1.38 bits per heavy atom. The molecule has 0 radical (unpaired) electrons. The Bertz CT molecular complexity index is 238. The molecule has 0 aromatic rings. The summed E-state index contributed by atoms with van der Waals surface area (Å²) in [5.74, 6) is 0. The summed E-state index contributed by atoms with van der Waals surface area (Å²) in [6, 6.07) is 0. The zero-order valence-electron chi connectivity index (χ0n) is 7.44. The van der Waals surface area contributed by atoms with Crippen LogP contribution in [0.15, 0.2) is 0 Å². The summed E-state index contributed by atoms with van der Waals surface area (Å²) in [5.41, 5.74) is -0.450. The molecule has 0 rings (SSSR count). The van der Waals surface area contributed by atoms with Gasteiger partial charge < -0.3 is 9.05 Å². The predicted molar refractivity (Wildman–Crippen MR) is 70.8 cm³/mol. The van der Waals surface area contributed by atoms with E-state index in [2.05, 4.69) is 0 Å². The van der Waals surface area contributed by atoms with Gasteiger partial charge in [-0.2, -0.15) is 0 Å². The van der Waals surface area contributed by atoms with Crippen molar-refractivity contribution in [2.45, 2.75) is 7.59 Å². The first-order chi connectivity index (χ1) is 6.97. The quantitative estimate of drug-likeness (QED) is 0.479. The Morgan fingerprint density at radius 2 is 1.19 bits per heavy atom. The van der Waals surface area contributed by atoms with E-state index in [1.54, 1.807) is 0 Å². The van der Waals surface area contributed by atoms with Gasteiger partial charge in [0.05, 0.1) is 0 Å². The lowest BCUT2D eigenvalue weighted by atomic mass is 10.9. The predicted octanol–water partition coefficient (Wildman–Crippen LogP) is 5.15. The SMILES string of the molecule is O=P(CCl)(OCC(Cl)(Cl)Cl)OCC(Cl)(Cl)Cl. The molecule has 0 N–H and O–H groups in total. The second-order valence-electron chi connectivity index (χ2n) is 2.51. The van der Waals surface area contributed by atoms with E-state index in [0.29, 0.717) is 0 Å². The molecule has 0 aromatic heterocycles. The van der Waals surface area contributed by atoms with Crippen molar-refractivity contribution in [3.8, 4) is 0 Å². The van der Waals surface area contributed by atoms with E-state index in [4.69, 9.17) is 90.3 Å². The van der Waals surface area contributed by atoms with Crippen LogP contribution in [0.3, 0.4) is 0 Å². The average Bonchev–Trinajstić information content (AvgIpc) is 2.09. The minimum Gasteiger partial charge on any atom is -0.303 e. The number of hydrogen-bond acceptors (Lipinski definition) is 3. The molecule has 0 fully saturated rings. The molecule has 0 atom stereocenters. The van der Waals surface area contributed by atoms with Crippen LogP contribution in [-0.4, -0.2) is 26.4 Å². The molecule has 0 unspecified atom stereocenters. The van der Waals surface area contributed by atoms with Gasteiger partial charge in [-0.05, 0) is 0 Å². The van der Waals surface area contributed by atoms with Crippen molar-refractivity contribution in [1.82, 2.24) is 0 Å². The zero-order chi connectivity index (χ0) is 13.0. The summed E-state index contributed by atoms with van der Waals surface area (Å²) in [7, 11) is -3.63. The van der Waals surface area contributed by atoms with Crippen LogP contribution in [0.5, 0.6) is 0 Å². The number of halogens is 7. The van der Waals surface area contributed by atoms with Crippen LogP contribution in [0.2, 0.25) is 0 Å². The smallest absolute Gasteiger partial charge is 0.303 e. The lowest BCUT2D eigenvalue weighted by molar-refractivity contribution is 0.213. The van der Waals surface area contributed by atoms with Gasteiger partial charge in [-0.3, -0.25) is 4.57 Å². The fourth-order valence-corrected chi connectivity index (χ4v) is 2.64. The van der Waals surface area contributed by atoms with Gasteiger partial charge in [0, 0.05) is 0 Å². The monoisotopic (exact) mass is 390 g/mol. The van der Waals surface area contributed by atoms with Gasteiger partial charge in [0.2, 0.25) is 7.59 Å². The Labute approximate surface area is 128 Å². The maximum Gasteiger partial charge on any atom is 0.345 e. The third kappa shape index (κ3) is 10.1. The van der Waals surface area contributed by atoms with Gasteiger partial charge in [-0.1, -0.05) is 69.6 Å². The zero-order valence-corrected chi connectivity index (χ0v) is 13.6. The topological polar surface area (TPSA) is 35.5 Å². The van der Waals surface area contributed by atoms with Crippen LogP contribution in [0.4, 0.5) is 0 Å². The number of hydrogen-bond donors (Lipinski definition) is 0. The van der Waals surface area contributed by atoms with E-state index >= 15 is 0 Å². The second-order valence-corrected chi connectivity index (χ2v) is 10.2. The van der Waals surface area contributed by atoms with Crippen molar-refractivity contribution in [3.05, 3.63) is 0 Å². The summed E-state index contributed by atoms with van der Waals surface area (Å²) >= 11 is 37.8. The van der Waals surface area contributed by atoms with Crippen LogP contribution >= 0.6 is 88.8 Å². The number of rotatable bonds is 5. The van der Waals surface area contributed by atoms with Gasteiger partial charge in [0.25, 0.3) is 0 Å². The highest BCUT2D eigenvalue weighted by Gasteiger charge is 2.32. The summed E-state index contributed by atoms with van der Waals surface area (Å²) in [4.78, 5) is 0. The molecule has 0 aliphatic heterocycles. The Morgan fingerprint density at radius 1 is 0.875 bits per heavy atom. The van der Waals surface area contributed by atoms with Crippen molar-refractivity contribution >= 4 is 88.8 Å². The van der Waals surface area contributed by atoms with Gasteiger partial charge in [-0.25, -0.2) is 0 Å². The lowest BCUT2D eigenvalue weighted by Crippen LogP contribution is -2.16. The highest BCUT2D eigenvalue weighted by molar-refractivity contribution is 7.55. The lowest BCUT2D eigenvalue weighted by Gasteiger charge is -2.20. The maximum absolute atomic E-state index is 11.7. The van der Waals surface area contributed by atoms with E-state index in [9.17, 15) is 4.57 Å². The molecule has 3 nitrogen and oxygen atoms in total. The number of alkyl halides is 7. The van der Waals surface area contributed by atoms with Crippen LogP contribution in [0.25, 0.3) is 0 Å². The molecule has 98 valence electrons. The molecule has 0 aliphatic rings.